The molecule has 0 aliphatic rings. The van der Waals surface area contributed by atoms with E-state index in [0.717, 1.165) is 0 Å². The van der Waals surface area contributed by atoms with Crippen molar-refractivity contribution in [3.63, 3.8) is 0 Å². The molecule has 0 saturated carbocycles. The van der Waals surface area contributed by atoms with Crippen LogP contribution in [0.3, 0.4) is 0 Å². The molecule has 0 aliphatic carbocycles. The summed E-state index contributed by atoms with van der Waals surface area (Å²) in [5, 5.41) is -0.0364. The summed E-state index contributed by atoms with van der Waals surface area (Å²) in [5.41, 5.74) is 0.458. The van der Waals surface area contributed by atoms with Gasteiger partial charge in [-0.25, -0.2) is 0 Å². The second kappa shape index (κ2) is 4.67. The lowest BCUT2D eigenvalue weighted by atomic mass is 10.1. The highest BCUT2D eigenvalue weighted by molar-refractivity contribution is 6.34. The minimum Gasteiger partial charge on any atom is -0.496 e. The van der Waals surface area contributed by atoms with Crippen LogP contribution in [0.5, 0.6) is 5.75 Å². The molecular weight excluding hydrogens is 223 g/mol. The highest BCUT2D eigenvalue weighted by Gasteiger charge is 2.16. The number of ketones is 1. The van der Waals surface area contributed by atoms with E-state index in [-0.39, 0.29) is 5.78 Å². The fourth-order valence-corrected chi connectivity index (χ4v) is 1.36. The Morgan fingerprint density at radius 1 is 1.50 bits per heavy atom. The van der Waals surface area contributed by atoms with Gasteiger partial charge in [0.05, 0.1) is 18.1 Å². The van der Waals surface area contributed by atoms with E-state index in [1.807, 2.05) is 0 Å². The van der Waals surface area contributed by atoms with E-state index in [9.17, 15) is 4.79 Å². The number of hydrogen-bond acceptors (Lipinski definition) is 2. The molecule has 0 aliphatic heterocycles. The third-order valence-corrected chi connectivity index (χ3v) is 2.22. The zero-order valence-corrected chi connectivity index (χ0v) is 9.39. The number of Topliss-reactive ketones (excluding diaryl/α,β-unsaturated/α-hetero) is 1. The van der Waals surface area contributed by atoms with Crippen molar-refractivity contribution in [1.29, 1.82) is 0 Å². The molecule has 0 bridgehead atoms. The highest BCUT2D eigenvalue weighted by Crippen LogP contribution is 2.25. The lowest BCUT2D eigenvalue weighted by Crippen LogP contribution is -2.11. The largest absolute Gasteiger partial charge is 0.496 e. The Hall–Kier alpha value is -0.730. The van der Waals surface area contributed by atoms with Crippen LogP contribution in [0, 0.1) is 0 Å². The summed E-state index contributed by atoms with van der Waals surface area (Å²) in [5.74, 6) is 0.287. The minimum absolute atomic E-state index is 0.166. The lowest BCUT2D eigenvalue weighted by molar-refractivity contribution is 0.0989. The Bertz CT molecular complexity index is 348. The number of alkyl halides is 1. The average molecular weight is 233 g/mol. The Balaban J connectivity index is 3.14. The first-order valence-corrected chi connectivity index (χ1v) is 4.89. The predicted molar refractivity (Wildman–Crippen MR) is 57.6 cm³/mol. The maximum absolute atomic E-state index is 11.6. The van der Waals surface area contributed by atoms with Crippen LogP contribution in [0.2, 0.25) is 5.02 Å². The zero-order chi connectivity index (χ0) is 10.7. The molecule has 1 aromatic carbocycles. The molecule has 76 valence electrons. The third-order valence-electron chi connectivity index (χ3n) is 1.79. The molecule has 2 nitrogen and oxygen atoms in total. The molecule has 0 heterocycles. The van der Waals surface area contributed by atoms with Crippen molar-refractivity contribution in [2.24, 2.45) is 0 Å². The molecule has 0 radical (unpaired) electrons. The first-order chi connectivity index (χ1) is 6.56. The molecule has 1 aromatic rings. The molecule has 0 spiro atoms. The van der Waals surface area contributed by atoms with Gasteiger partial charge >= 0.3 is 0 Å². The summed E-state index contributed by atoms with van der Waals surface area (Å²) < 4.78 is 5.03. The monoisotopic (exact) mass is 232 g/mol. The Labute approximate surface area is 92.8 Å². The van der Waals surface area contributed by atoms with Crippen LogP contribution in [0.1, 0.15) is 17.3 Å². The Morgan fingerprint density at radius 3 is 2.64 bits per heavy atom. The lowest BCUT2D eigenvalue weighted by Gasteiger charge is -2.08. The summed E-state index contributed by atoms with van der Waals surface area (Å²) in [7, 11) is 1.49. The number of carbonyl (C=O) groups is 1. The van der Waals surface area contributed by atoms with E-state index < -0.39 is 5.38 Å². The van der Waals surface area contributed by atoms with Crippen molar-refractivity contribution in [2.75, 3.05) is 7.11 Å². The van der Waals surface area contributed by atoms with Crippen LogP contribution in [-0.4, -0.2) is 18.3 Å². The van der Waals surface area contributed by atoms with Crippen LogP contribution in [0.4, 0.5) is 0 Å². The van der Waals surface area contributed by atoms with E-state index >= 15 is 0 Å². The van der Waals surface area contributed by atoms with Gasteiger partial charge in [0.15, 0.2) is 5.78 Å². The second-order valence-electron chi connectivity index (χ2n) is 2.82. The molecule has 1 atom stereocenters. The molecule has 0 fully saturated rings. The van der Waals surface area contributed by atoms with E-state index in [1.54, 1.807) is 25.1 Å². The maximum Gasteiger partial charge on any atom is 0.184 e. The second-order valence-corrected chi connectivity index (χ2v) is 3.92. The van der Waals surface area contributed by atoms with Gasteiger partial charge in [0.1, 0.15) is 5.75 Å². The normalized spacial score (nSPS) is 12.3. The fourth-order valence-electron chi connectivity index (χ4n) is 1.08. The third kappa shape index (κ3) is 2.40. The molecular formula is C10H10Cl2O2. The van der Waals surface area contributed by atoms with Gasteiger partial charge in [-0.1, -0.05) is 11.6 Å². The molecule has 0 amide bonds. The number of rotatable bonds is 3. The average Bonchev–Trinajstić information content (AvgIpc) is 2.16. The molecule has 1 rings (SSSR count). The van der Waals surface area contributed by atoms with E-state index in [4.69, 9.17) is 27.9 Å². The Kier molecular flexibility index (Phi) is 3.78. The maximum atomic E-state index is 11.6. The standard InChI is InChI=1S/C10H10Cl2O2/c1-6(11)10(13)8-4-3-7(12)5-9(8)14-2/h3-6H,1-2H3. The SMILES string of the molecule is COc1cc(Cl)ccc1C(=O)C(C)Cl. The van der Waals surface area contributed by atoms with Crippen molar-refractivity contribution >= 4 is 29.0 Å². The number of benzene rings is 1. The molecule has 0 saturated heterocycles. The molecule has 1 unspecified atom stereocenters. The van der Waals surface area contributed by atoms with E-state index in [1.165, 1.54) is 7.11 Å². The van der Waals surface area contributed by atoms with Crippen LogP contribution in [-0.2, 0) is 0 Å². The van der Waals surface area contributed by atoms with Crippen molar-refractivity contribution < 1.29 is 9.53 Å². The Morgan fingerprint density at radius 2 is 2.14 bits per heavy atom. The van der Waals surface area contributed by atoms with E-state index in [0.29, 0.717) is 16.3 Å². The quantitative estimate of drug-likeness (QED) is 0.592. The first kappa shape index (κ1) is 11.3. The van der Waals surface area contributed by atoms with Gasteiger partial charge in [-0.15, -0.1) is 11.6 Å². The van der Waals surface area contributed by atoms with Gasteiger partial charge in [-0.2, -0.15) is 0 Å². The number of ether oxygens (including phenoxy) is 1. The van der Waals surface area contributed by atoms with Gasteiger partial charge in [0.25, 0.3) is 0 Å². The number of hydrogen-bond donors (Lipinski definition) is 0. The topological polar surface area (TPSA) is 26.3 Å². The minimum atomic E-state index is -0.565. The number of methoxy groups -OCH3 is 1. The zero-order valence-electron chi connectivity index (χ0n) is 7.88. The molecule has 0 aromatic heterocycles. The number of halogens is 2. The van der Waals surface area contributed by atoms with Crippen LogP contribution < -0.4 is 4.74 Å². The smallest absolute Gasteiger partial charge is 0.184 e. The summed E-state index contributed by atoms with van der Waals surface area (Å²) in [6.07, 6.45) is 0. The van der Waals surface area contributed by atoms with Crippen molar-refractivity contribution in [3.8, 4) is 5.75 Å². The number of carbonyl (C=O) groups excluding carboxylic acids is 1. The van der Waals surface area contributed by atoms with Gasteiger partial charge in [-0.3, -0.25) is 4.79 Å². The summed E-state index contributed by atoms with van der Waals surface area (Å²) >= 11 is 11.4. The van der Waals surface area contributed by atoms with Crippen molar-refractivity contribution in [3.05, 3.63) is 28.8 Å². The first-order valence-electron chi connectivity index (χ1n) is 4.08. The summed E-state index contributed by atoms with van der Waals surface area (Å²) in [6, 6.07) is 4.84. The molecule has 14 heavy (non-hydrogen) atoms. The van der Waals surface area contributed by atoms with Gasteiger partial charge < -0.3 is 4.74 Å². The van der Waals surface area contributed by atoms with Crippen LogP contribution in [0.15, 0.2) is 18.2 Å². The van der Waals surface area contributed by atoms with Crippen LogP contribution in [0.25, 0.3) is 0 Å². The summed E-state index contributed by atoms with van der Waals surface area (Å²) in [6.45, 7) is 1.62. The summed E-state index contributed by atoms with van der Waals surface area (Å²) in [4.78, 5) is 11.6. The van der Waals surface area contributed by atoms with Crippen molar-refractivity contribution in [1.82, 2.24) is 0 Å². The van der Waals surface area contributed by atoms with Crippen LogP contribution >= 0.6 is 23.2 Å². The fraction of sp³-hybridized carbons (Fsp3) is 0.300. The van der Waals surface area contributed by atoms with E-state index in [2.05, 4.69) is 0 Å². The molecule has 0 N–H and O–H groups in total. The predicted octanol–water partition coefficient (Wildman–Crippen LogP) is 3.16. The highest BCUT2D eigenvalue weighted by atomic mass is 35.5. The van der Waals surface area contributed by atoms with Gasteiger partial charge in [0, 0.05) is 5.02 Å². The van der Waals surface area contributed by atoms with Crippen molar-refractivity contribution in [2.45, 2.75) is 12.3 Å². The van der Waals surface area contributed by atoms with Gasteiger partial charge in [-0.05, 0) is 25.1 Å². The molecule has 4 heteroatoms. The van der Waals surface area contributed by atoms with Gasteiger partial charge in [0.2, 0.25) is 0 Å².